The van der Waals surface area contributed by atoms with Crippen molar-refractivity contribution in [3.63, 3.8) is 0 Å². The van der Waals surface area contributed by atoms with Crippen molar-refractivity contribution >= 4 is 0 Å². The van der Waals surface area contributed by atoms with Crippen LogP contribution in [-0.2, 0) is 0 Å². The van der Waals surface area contributed by atoms with Gasteiger partial charge in [-0.15, -0.1) is 0 Å². The van der Waals surface area contributed by atoms with Gasteiger partial charge in [0, 0.05) is 12.1 Å². The molecule has 0 aromatic carbocycles. The molecule has 2 atom stereocenters. The lowest BCUT2D eigenvalue weighted by Crippen LogP contribution is -2.31. The van der Waals surface area contributed by atoms with Gasteiger partial charge in [0.1, 0.15) is 0 Å². The summed E-state index contributed by atoms with van der Waals surface area (Å²) < 4.78 is 0. The van der Waals surface area contributed by atoms with Crippen molar-refractivity contribution in [2.75, 3.05) is 26.7 Å². The van der Waals surface area contributed by atoms with Crippen LogP contribution in [0.15, 0.2) is 0 Å². The molecule has 2 heterocycles. The predicted molar refractivity (Wildman–Crippen MR) is 60.4 cm³/mol. The Balaban J connectivity index is 1.76. The summed E-state index contributed by atoms with van der Waals surface area (Å²) in [6.45, 7) is 8.54. The second-order valence-electron chi connectivity index (χ2n) is 5.99. The van der Waals surface area contributed by atoms with E-state index in [1.165, 1.54) is 38.9 Å². The van der Waals surface area contributed by atoms with Gasteiger partial charge in [0.2, 0.25) is 0 Å². The van der Waals surface area contributed by atoms with E-state index in [0.717, 1.165) is 11.8 Å². The van der Waals surface area contributed by atoms with Gasteiger partial charge in [-0.25, -0.2) is 0 Å². The molecule has 0 amide bonds. The fraction of sp³-hybridized carbons (Fsp3) is 1.00. The third kappa shape index (κ3) is 2.48. The van der Waals surface area contributed by atoms with Crippen LogP contribution in [0.2, 0.25) is 0 Å². The van der Waals surface area contributed by atoms with Crippen LogP contribution >= 0.6 is 0 Å². The normalized spacial score (nSPS) is 37.9. The molecular weight excluding hydrogens is 172 g/mol. The molecule has 2 aliphatic rings. The summed E-state index contributed by atoms with van der Waals surface area (Å²) in [7, 11) is 2.25. The molecule has 0 spiro atoms. The van der Waals surface area contributed by atoms with Crippen LogP contribution < -0.4 is 5.32 Å². The summed E-state index contributed by atoms with van der Waals surface area (Å²) in [5, 5.41) is 3.62. The molecule has 2 fully saturated rings. The molecular formula is C12H24N2. The van der Waals surface area contributed by atoms with Gasteiger partial charge in [0.25, 0.3) is 0 Å². The van der Waals surface area contributed by atoms with Gasteiger partial charge in [0.05, 0.1) is 0 Å². The van der Waals surface area contributed by atoms with E-state index in [1.54, 1.807) is 0 Å². The van der Waals surface area contributed by atoms with E-state index in [4.69, 9.17) is 0 Å². The quantitative estimate of drug-likeness (QED) is 0.723. The van der Waals surface area contributed by atoms with E-state index in [2.05, 4.69) is 31.1 Å². The van der Waals surface area contributed by atoms with Crippen molar-refractivity contribution in [2.45, 2.75) is 38.6 Å². The number of hydrogen-bond acceptors (Lipinski definition) is 2. The standard InChI is InChI=1S/C12H24N2/c1-12(2)7-11(8-13-12)6-10-4-5-14(3)9-10/h10-11,13H,4-9H2,1-3H3. The van der Waals surface area contributed by atoms with Crippen LogP contribution in [0.5, 0.6) is 0 Å². The lowest BCUT2D eigenvalue weighted by Gasteiger charge is -2.18. The number of nitrogens with one attached hydrogen (secondary N) is 1. The van der Waals surface area contributed by atoms with E-state index >= 15 is 0 Å². The molecule has 0 aliphatic carbocycles. The second-order valence-corrected chi connectivity index (χ2v) is 5.99. The lowest BCUT2D eigenvalue weighted by molar-refractivity contribution is 0.349. The summed E-state index contributed by atoms with van der Waals surface area (Å²) >= 11 is 0. The third-order valence-electron chi connectivity index (χ3n) is 3.82. The van der Waals surface area contributed by atoms with Crippen LogP contribution in [0.25, 0.3) is 0 Å². The topological polar surface area (TPSA) is 15.3 Å². The number of rotatable bonds is 2. The summed E-state index contributed by atoms with van der Waals surface area (Å²) in [5.41, 5.74) is 0.398. The Kier molecular flexibility index (Phi) is 2.85. The first-order valence-corrected chi connectivity index (χ1v) is 5.99. The fourth-order valence-electron chi connectivity index (χ4n) is 3.14. The Morgan fingerprint density at radius 2 is 2.14 bits per heavy atom. The average Bonchev–Trinajstić information content (AvgIpc) is 2.59. The first-order valence-electron chi connectivity index (χ1n) is 5.99. The monoisotopic (exact) mass is 196 g/mol. The van der Waals surface area contributed by atoms with Gasteiger partial charge < -0.3 is 10.2 Å². The largest absolute Gasteiger partial charge is 0.312 e. The van der Waals surface area contributed by atoms with Crippen LogP contribution in [0.4, 0.5) is 0 Å². The first-order chi connectivity index (χ1) is 6.55. The highest BCUT2D eigenvalue weighted by Crippen LogP contribution is 2.31. The number of nitrogens with zero attached hydrogens (tertiary/aromatic N) is 1. The molecule has 2 saturated heterocycles. The predicted octanol–water partition coefficient (Wildman–Crippen LogP) is 1.72. The van der Waals surface area contributed by atoms with E-state index in [0.29, 0.717) is 5.54 Å². The Morgan fingerprint density at radius 1 is 1.36 bits per heavy atom. The SMILES string of the molecule is CN1CCC(CC2CNC(C)(C)C2)C1. The van der Waals surface area contributed by atoms with Gasteiger partial charge in [-0.05, 0) is 65.1 Å². The summed E-state index contributed by atoms with van der Waals surface area (Å²) in [6, 6.07) is 0. The van der Waals surface area contributed by atoms with Crippen molar-refractivity contribution in [1.82, 2.24) is 10.2 Å². The maximum Gasteiger partial charge on any atom is 0.0128 e. The molecule has 14 heavy (non-hydrogen) atoms. The van der Waals surface area contributed by atoms with Crippen LogP contribution in [-0.4, -0.2) is 37.1 Å². The maximum atomic E-state index is 3.62. The van der Waals surface area contributed by atoms with Crippen LogP contribution in [0.1, 0.15) is 33.1 Å². The minimum Gasteiger partial charge on any atom is -0.312 e. The molecule has 82 valence electrons. The Bertz CT molecular complexity index is 200. The average molecular weight is 196 g/mol. The van der Waals surface area contributed by atoms with Gasteiger partial charge in [-0.2, -0.15) is 0 Å². The van der Waals surface area contributed by atoms with Crippen molar-refractivity contribution < 1.29 is 0 Å². The molecule has 2 unspecified atom stereocenters. The zero-order valence-corrected chi connectivity index (χ0v) is 9.84. The van der Waals surface area contributed by atoms with Crippen molar-refractivity contribution in [3.05, 3.63) is 0 Å². The van der Waals surface area contributed by atoms with Gasteiger partial charge >= 0.3 is 0 Å². The van der Waals surface area contributed by atoms with Crippen LogP contribution in [0.3, 0.4) is 0 Å². The molecule has 0 aromatic rings. The molecule has 2 aliphatic heterocycles. The smallest absolute Gasteiger partial charge is 0.0128 e. The van der Waals surface area contributed by atoms with Gasteiger partial charge in [0.15, 0.2) is 0 Å². The van der Waals surface area contributed by atoms with E-state index in [1.807, 2.05) is 0 Å². The minimum atomic E-state index is 0.398. The summed E-state index contributed by atoms with van der Waals surface area (Å²) in [6.07, 6.45) is 4.24. The summed E-state index contributed by atoms with van der Waals surface area (Å²) in [4.78, 5) is 2.47. The molecule has 2 rings (SSSR count). The summed E-state index contributed by atoms with van der Waals surface area (Å²) in [5.74, 6) is 1.90. The molecule has 2 heteroatoms. The Hall–Kier alpha value is -0.0800. The zero-order chi connectivity index (χ0) is 10.2. The third-order valence-corrected chi connectivity index (χ3v) is 3.82. The fourth-order valence-corrected chi connectivity index (χ4v) is 3.14. The number of likely N-dealkylation sites (tertiary alicyclic amines) is 1. The number of hydrogen-bond donors (Lipinski definition) is 1. The molecule has 0 radical (unpaired) electrons. The van der Waals surface area contributed by atoms with Crippen molar-refractivity contribution in [1.29, 1.82) is 0 Å². The van der Waals surface area contributed by atoms with Crippen LogP contribution in [0, 0.1) is 11.8 Å². The molecule has 0 bridgehead atoms. The second kappa shape index (κ2) is 3.82. The van der Waals surface area contributed by atoms with E-state index < -0.39 is 0 Å². The van der Waals surface area contributed by atoms with Crippen molar-refractivity contribution in [3.8, 4) is 0 Å². The molecule has 1 N–H and O–H groups in total. The highest BCUT2D eigenvalue weighted by Gasteiger charge is 2.32. The van der Waals surface area contributed by atoms with Gasteiger partial charge in [-0.1, -0.05) is 0 Å². The minimum absolute atomic E-state index is 0.398. The molecule has 0 aromatic heterocycles. The maximum absolute atomic E-state index is 3.62. The van der Waals surface area contributed by atoms with E-state index in [9.17, 15) is 0 Å². The van der Waals surface area contributed by atoms with Crippen molar-refractivity contribution in [2.24, 2.45) is 11.8 Å². The van der Waals surface area contributed by atoms with Gasteiger partial charge in [-0.3, -0.25) is 0 Å². The lowest BCUT2D eigenvalue weighted by atomic mass is 9.89. The zero-order valence-electron chi connectivity index (χ0n) is 9.84. The van der Waals surface area contributed by atoms with E-state index in [-0.39, 0.29) is 0 Å². The first kappa shape index (κ1) is 10.4. The Morgan fingerprint density at radius 3 is 2.64 bits per heavy atom. The Labute approximate surface area is 88.1 Å². The molecule has 2 nitrogen and oxygen atoms in total. The highest BCUT2D eigenvalue weighted by atomic mass is 15.1. The molecule has 0 saturated carbocycles. The highest BCUT2D eigenvalue weighted by molar-refractivity contribution is 4.90.